The highest BCUT2D eigenvalue weighted by molar-refractivity contribution is 6.30. The molecule has 1 spiro atoms. The van der Waals surface area contributed by atoms with Crippen LogP contribution in [0.4, 0.5) is 5.69 Å². The molecule has 0 bridgehead atoms. The van der Waals surface area contributed by atoms with E-state index in [0.717, 1.165) is 12.8 Å². The zero-order chi connectivity index (χ0) is 25.3. The molecule has 4 heterocycles. The van der Waals surface area contributed by atoms with Gasteiger partial charge in [-0.15, -0.1) is 0 Å². The Bertz CT molecular complexity index is 1070. The first-order valence-corrected chi connectivity index (χ1v) is 13.0. The summed E-state index contributed by atoms with van der Waals surface area (Å²) >= 11 is 6.07. The highest BCUT2D eigenvalue weighted by Gasteiger charge is 2.71. The van der Waals surface area contributed by atoms with E-state index >= 15 is 0 Å². The summed E-state index contributed by atoms with van der Waals surface area (Å²) in [4.78, 5) is 44.5. The monoisotopic (exact) mass is 514 g/mol. The van der Waals surface area contributed by atoms with Crippen molar-refractivity contribution in [3.8, 4) is 0 Å². The Morgan fingerprint density at radius 1 is 1.03 bits per heavy atom. The lowest BCUT2D eigenvalue weighted by Gasteiger charge is -2.35. The second kappa shape index (κ2) is 10.4. The zero-order valence-corrected chi connectivity index (χ0v) is 20.8. The number of benzene rings is 1. The first-order valence-electron chi connectivity index (χ1n) is 12.6. The number of hydrogen-bond donors (Lipinski definition) is 1. The number of nitrogens with zero attached hydrogens (tertiary/aromatic N) is 2. The number of hydrogen-bond acceptors (Lipinski definition) is 6. The molecule has 1 N–H and O–H groups in total. The van der Waals surface area contributed by atoms with Crippen molar-refractivity contribution in [2.75, 3.05) is 31.2 Å². The maximum Gasteiger partial charge on any atom is 0.312 e. The molecule has 0 saturated carbocycles. The summed E-state index contributed by atoms with van der Waals surface area (Å²) in [5.74, 6) is -2.61. The molecule has 0 aromatic heterocycles. The molecule has 9 heteroatoms. The summed E-state index contributed by atoms with van der Waals surface area (Å²) in [6.45, 7) is 1.06. The fourth-order valence-corrected chi connectivity index (χ4v) is 6.07. The second-order valence-corrected chi connectivity index (χ2v) is 10.2. The largest absolute Gasteiger partial charge is 0.465 e. The summed E-state index contributed by atoms with van der Waals surface area (Å²) in [5.41, 5.74) is -0.586. The maximum absolute atomic E-state index is 14.2. The molecule has 2 fully saturated rings. The van der Waals surface area contributed by atoms with Crippen molar-refractivity contribution in [2.45, 2.75) is 49.9 Å². The van der Waals surface area contributed by atoms with Gasteiger partial charge in [-0.1, -0.05) is 48.7 Å². The number of carbonyl (C=O) groups excluding carboxylic acids is 3. The minimum absolute atomic E-state index is 0.127. The molecule has 0 radical (unpaired) electrons. The van der Waals surface area contributed by atoms with Crippen molar-refractivity contribution in [2.24, 2.45) is 11.8 Å². The summed E-state index contributed by atoms with van der Waals surface area (Å²) in [6.07, 6.45) is 10.4. The van der Waals surface area contributed by atoms with Crippen LogP contribution >= 0.6 is 11.6 Å². The van der Waals surface area contributed by atoms with Gasteiger partial charge < -0.3 is 24.4 Å². The lowest BCUT2D eigenvalue weighted by Crippen LogP contribution is -2.55. The van der Waals surface area contributed by atoms with Gasteiger partial charge in [0.2, 0.25) is 5.91 Å². The highest BCUT2D eigenvalue weighted by atomic mass is 35.5. The summed E-state index contributed by atoms with van der Waals surface area (Å²) in [7, 11) is 0. The van der Waals surface area contributed by atoms with Gasteiger partial charge >= 0.3 is 5.97 Å². The van der Waals surface area contributed by atoms with E-state index in [1.165, 1.54) is 0 Å². The third-order valence-electron chi connectivity index (χ3n) is 7.57. The molecule has 0 aliphatic carbocycles. The van der Waals surface area contributed by atoms with E-state index in [1.54, 1.807) is 34.1 Å². The molecule has 4 aliphatic rings. The molecule has 5 atom stereocenters. The quantitative estimate of drug-likeness (QED) is 0.341. The van der Waals surface area contributed by atoms with Gasteiger partial charge in [-0.2, -0.15) is 0 Å². The number of unbranched alkanes of at least 4 members (excludes halogenated alkanes) is 3. The van der Waals surface area contributed by atoms with Gasteiger partial charge in [0.25, 0.3) is 5.91 Å². The lowest BCUT2D eigenvalue weighted by atomic mass is 9.77. The number of ether oxygens (including phenoxy) is 2. The topological polar surface area (TPSA) is 96.4 Å². The number of cyclic esters (lactones) is 1. The minimum atomic E-state index is -1.26. The summed E-state index contributed by atoms with van der Waals surface area (Å²) in [5, 5.41) is 9.65. The smallest absolute Gasteiger partial charge is 0.312 e. The average molecular weight is 515 g/mol. The standard InChI is InChI=1S/C27H31ClN2O6/c28-18-9-11-19(12-10-18)29-15-7-13-27-22(21-20(36-27)8-3-6-17-35-26(21)34)24(32)30(23(27)25(29)33)14-4-1-2-5-16-31/h3,7-13,20-23,31H,1-2,4-6,14-17H2/t20-,21+,22-,23?,27-/m0/s1. The Balaban J connectivity index is 1.53. The number of halogens is 1. The van der Waals surface area contributed by atoms with E-state index in [2.05, 4.69) is 0 Å². The van der Waals surface area contributed by atoms with Crippen molar-refractivity contribution >= 4 is 35.1 Å². The van der Waals surface area contributed by atoms with E-state index in [9.17, 15) is 14.4 Å². The molecule has 4 aliphatic heterocycles. The molecule has 1 unspecified atom stereocenters. The van der Waals surface area contributed by atoms with Crippen LogP contribution in [0.1, 0.15) is 32.1 Å². The first-order chi connectivity index (χ1) is 17.5. The fourth-order valence-electron chi connectivity index (χ4n) is 5.95. The van der Waals surface area contributed by atoms with Crippen LogP contribution in [0.15, 0.2) is 48.6 Å². The lowest BCUT2D eigenvalue weighted by molar-refractivity contribution is -0.154. The molecule has 2 amide bonds. The van der Waals surface area contributed by atoms with Crippen LogP contribution in [-0.2, 0) is 23.9 Å². The molecule has 36 heavy (non-hydrogen) atoms. The number of esters is 1. The normalized spacial score (nSPS) is 31.4. The molecular weight excluding hydrogens is 484 g/mol. The predicted molar refractivity (Wildman–Crippen MR) is 133 cm³/mol. The van der Waals surface area contributed by atoms with E-state index < -0.39 is 35.6 Å². The van der Waals surface area contributed by atoms with E-state index in [-0.39, 0.29) is 25.0 Å². The highest BCUT2D eigenvalue weighted by Crippen LogP contribution is 2.53. The summed E-state index contributed by atoms with van der Waals surface area (Å²) in [6, 6.07) is 6.11. The van der Waals surface area contributed by atoms with Gasteiger partial charge in [-0.3, -0.25) is 14.4 Å². The number of anilines is 1. The summed E-state index contributed by atoms with van der Waals surface area (Å²) < 4.78 is 12.0. The molecule has 192 valence electrons. The van der Waals surface area contributed by atoms with Crippen molar-refractivity contribution in [3.05, 3.63) is 53.6 Å². The van der Waals surface area contributed by atoms with Gasteiger partial charge in [0.1, 0.15) is 17.6 Å². The molecule has 1 aromatic carbocycles. The average Bonchev–Trinajstić information content (AvgIpc) is 3.23. The SMILES string of the molecule is O=C1OCCC=C[C@@H]2O[C@]34C=CCN(c5ccc(Cl)cc5)C(=O)C3N(CCCCCCO)C(=O)[C@@H]4[C@H]12. The van der Waals surface area contributed by atoms with Crippen LogP contribution in [-0.4, -0.2) is 71.8 Å². The van der Waals surface area contributed by atoms with Gasteiger partial charge in [-0.25, -0.2) is 0 Å². The molecule has 1 aromatic rings. The van der Waals surface area contributed by atoms with Crippen molar-refractivity contribution in [3.63, 3.8) is 0 Å². The van der Waals surface area contributed by atoms with E-state index in [4.69, 9.17) is 26.2 Å². The number of fused-ring (bicyclic) bond motifs is 2. The number of rotatable bonds is 7. The van der Waals surface area contributed by atoms with Crippen LogP contribution < -0.4 is 4.90 Å². The van der Waals surface area contributed by atoms with Gasteiger partial charge in [0, 0.05) is 30.4 Å². The Labute approximate surface area is 215 Å². The second-order valence-electron chi connectivity index (χ2n) is 9.72. The Morgan fingerprint density at radius 2 is 1.81 bits per heavy atom. The zero-order valence-electron chi connectivity index (χ0n) is 20.1. The molecule has 5 rings (SSSR count). The van der Waals surface area contributed by atoms with Crippen LogP contribution in [0.3, 0.4) is 0 Å². The number of amides is 2. The molecule has 2 saturated heterocycles. The van der Waals surface area contributed by atoms with Gasteiger partial charge in [0.15, 0.2) is 0 Å². The number of carbonyl (C=O) groups is 3. The van der Waals surface area contributed by atoms with Crippen LogP contribution in [0.2, 0.25) is 5.02 Å². The molecular formula is C27H31ClN2O6. The van der Waals surface area contributed by atoms with Crippen molar-refractivity contribution in [1.82, 2.24) is 4.90 Å². The Morgan fingerprint density at radius 3 is 2.58 bits per heavy atom. The number of aliphatic hydroxyl groups excluding tert-OH is 1. The molecule has 8 nitrogen and oxygen atoms in total. The van der Waals surface area contributed by atoms with Crippen molar-refractivity contribution in [1.29, 1.82) is 0 Å². The van der Waals surface area contributed by atoms with E-state index in [0.29, 0.717) is 43.1 Å². The third-order valence-corrected chi connectivity index (χ3v) is 7.82. The van der Waals surface area contributed by atoms with Gasteiger partial charge in [0.05, 0.1) is 18.6 Å². The minimum Gasteiger partial charge on any atom is -0.465 e. The maximum atomic E-state index is 14.2. The van der Waals surface area contributed by atoms with Crippen LogP contribution in [0.5, 0.6) is 0 Å². The number of aliphatic hydroxyl groups is 1. The van der Waals surface area contributed by atoms with Crippen molar-refractivity contribution < 1.29 is 29.0 Å². The fraction of sp³-hybridized carbons (Fsp3) is 0.519. The number of likely N-dealkylation sites (tertiary alicyclic amines) is 1. The van der Waals surface area contributed by atoms with E-state index in [1.807, 2.05) is 24.3 Å². The Kier molecular flexibility index (Phi) is 7.19. The van der Waals surface area contributed by atoms with Crippen LogP contribution in [0, 0.1) is 11.8 Å². The predicted octanol–water partition coefficient (Wildman–Crippen LogP) is 2.88. The van der Waals surface area contributed by atoms with Crippen LogP contribution in [0.25, 0.3) is 0 Å². The third kappa shape index (κ3) is 4.25. The first kappa shape index (κ1) is 25.0. The Hall–Kier alpha value is -2.68. The van der Waals surface area contributed by atoms with Gasteiger partial charge in [-0.05, 0) is 43.5 Å².